The van der Waals surface area contributed by atoms with Crippen LogP contribution in [0.5, 0.6) is 5.88 Å². The molecule has 1 aliphatic rings. The summed E-state index contributed by atoms with van der Waals surface area (Å²) in [5.74, 6) is 0.637. The highest BCUT2D eigenvalue weighted by Crippen LogP contribution is 2.20. The Balaban J connectivity index is 1.41. The second-order valence-electron chi connectivity index (χ2n) is 6.51. The van der Waals surface area contributed by atoms with Gasteiger partial charge < -0.3 is 9.94 Å². The smallest absolute Gasteiger partial charge is 0.213 e. The van der Waals surface area contributed by atoms with Crippen molar-refractivity contribution in [3.8, 4) is 5.88 Å². The summed E-state index contributed by atoms with van der Waals surface area (Å²) in [6.45, 7) is 3.79. The van der Waals surface area contributed by atoms with E-state index in [4.69, 9.17) is 9.94 Å². The van der Waals surface area contributed by atoms with Gasteiger partial charge in [0.1, 0.15) is 6.21 Å². The first-order valence-electron chi connectivity index (χ1n) is 8.81. The molecule has 26 heavy (non-hydrogen) atoms. The van der Waals surface area contributed by atoms with E-state index in [2.05, 4.69) is 39.3 Å². The first-order valence-corrected chi connectivity index (χ1v) is 8.81. The molecule has 1 N–H and O–H groups in total. The van der Waals surface area contributed by atoms with Gasteiger partial charge in [-0.25, -0.2) is 4.98 Å². The molecule has 6 heteroatoms. The van der Waals surface area contributed by atoms with Crippen molar-refractivity contribution < 1.29 is 14.7 Å². The number of carbonyl (C=O) groups excluding carboxylic acids is 1. The van der Waals surface area contributed by atoms with Gasteiger partial charge in [0.15, 0.2) is 0 Å². The summed E-state index contributed by atoms with van der Waals surface area (Å²) in [4.78, 5) is 18.1. The minimum atomic E-state index is -0.391. The topological polar surface area (TPSA) is 75.0 Å². The third-order valence-corrected chi connectivity index (χ3v) is 4.62. The molecule has 0 unspecified atom stereocenters. The Kier molecular flexibility index (Phi) is 6.33. The van der Waals surface area contributed by atoms with Gasteiger partial charge in [0.05, 0.1) is 6.61 Å². The molecule has 0 spiro atoms. The molecule has 0 saturated carbocycles. The largest absolute Gasteiger partial charge is 0.477 e. The summed E-state index contributed by atoms with van der Waals surface area (Å²) in [6.07, 6.45) is 4.50. The Morgan fingerprint density at radius 2 is 2.00 bits per heavy atom. The third-order valence-electron chi connectivity index (χ3n) is 4.62. The molecule has 1 saturated heterocycles. The van der Waals surface area contributed by atoms with Gasteiger partial charge in [0.25, 0.3) is 0 Å². The zero-order valence-electron chi connectivity index (χ0n) is 14.6. The summed E-state index contributed by atoms with van der Waals surface area (Å²) in [6, 6.07) is 13.8. The molecule has 0 aliphatic carbocycles. The van der Waals surface area contributed by atoms with E-state index in [-0.39, 0.29) is 0 Å². The molecule has 0 atom stereocenters. The number of likely N-dealkylation sites (tertiary alicyclic amines) is 1. The van der Waals surface area contributed by atoms with Crippen LogP contribution in [0, 0.1) is 5.92 Å². The predicted octanol–water partition coefficient (Wildman–Crippen LogP) is 3.02. The van der Waals surface area contributed by atoms with Crippen LogP contribution in [-0.2, 0) is 6.54 Å². The predicted molar refractivity (Wildman–Crippen MR) is 98.8 cm³/mol. The number of aromatic nitrogens is 1. The lowest BCUT2D eigenvalue weighted by molar-refractivity contribution is 0.106. The van der Waals surface area contributed by atoms with Gasteiger partial charge in [0.2, 0.25) is 11.7 Å². The molecular weight excluding hydrogens is 330 g/mol. The number of ether oxygens (including phenoxy) is 1. The average molecular weight is 353 g/mol. The lowest BCUT2D eigenvalue weighted by Crippen LogP contribution is -2.35. The van der Waals surface area contributed by atoms with E-state index in [9.17, 15) is 4.79 Å². The van der Waals surface area contributed by atoms with Gasteiger partial charge >= 0.3 is 0 Å². The Morgan fingerprint density at radius 3 is 2.65 bits per heavy atom. The molecule has 1 fully saturated rings. The lowest BCUT2D eigenvalue weighted by atomic mass is 9.97. The normalized spacial score (nSPS) is 16.0. The van der Waals surface area contributed by atoms with Crippen LogP contribution in [0.1, 0.15) is 28.8 Å². The van der Waals surface area contributed by atoms with Crippen LogP contribution in [0.3, 0.4) is 0 Å². The van der Waals surface area contributed by atoms with E-state index in [1.54, 1.807) is 12.1 Å². The molecule has 1 aliphatic heterocycles. The molecular formula is C20H23N3O3. The zero-order valence-corrected chi connectivity index (χ0v) is 14.6. The number of piperidine rings is 1. The van der Waals surface area contributed by atoms with Crippen LogP contribution in [0.2, 0.25) is 0 Å². The molecule has 136 valence electrons. The van der Waals surface area contributed by atoms with Crippen molar-refractivity contribution in [1.29, 1.82) is 0 Å². The summed E-state index contributed by atoms with van der Waals surface area (Å²) < 4.78 is 5.77. The molecule has 3 rings (SSSR count). The molecule has 2 heterocycles. The summed E-state index contributed by atoms with van der Waals surface area (Å²) in [5.41, 5.74) is 1.72. The number of nitrogens with zero attached hydrogens (tertiary/aromatic N) is 3. The molecule has 0 radical (unpaired) electrons. The van der Waals surface area contributed by atoms with Gasteiger partial charge in [-0.1, -0.05) is 35.5 Å². The van der Waals surface area contributed by atoms with Crippen molar-refractivity contribution in [2.75, 3.05) is 19.7 Å². The van der Waals surface area contributed by atoms with Gasteiger partial charge in [-0.15, -0.1) is 0 Å². The second-order valence-corrected chi connectivity index (χ2v) is 6.51. The Bertz CT molecular complexity index is 724. The van der Waals surface area contributed by atoms with Crippen molar-refractivity contribution in [1.82, 2.24) is 9.88 Å². The van der Waals surface area contributed by atoms with E-state index in [1.807, 2.05) is 6.07 Å². The monoisotopic (exact) mass is 353 g/mol. The number of rotatable bonds is 7. The van der Waals surface area contributed by atoms with E-state index >= 15 is 0 Å². The fourth-order valence-corrected chi connectivity index (χ4v) is 3.09. The number of oxime groups is 1. The SMILES string of the molecule is O=C(/C=N\O)c1ccc(OCC2CCN(Cc3ccccc3)CC2)nc1. The van der Waals surface area contributed by atoms with E-state index in [0.29, 0.717) is 24.0 Å². The Labute approximate surface area is 153 Å². The van der Waals surface area contributed by atoms with Gasteiger partial charge in [0, 0.05) is 24.4 Å². The number of carbonyl (C=O) groups is 1. The number of benzene rings is 1. The zero-order chi connectivity index (χ0) is 18.2. The maximum absolute atomic E-state index is 11.5. The van der Waals surface area contributed by atoms with Crippen molar-refractivity contribution in [3.05, 3.63) is 59.8 Å². The second kappa shape index (κ2) is 9.10. The van der Waals surface area contributed by atoms with Gasteiger partial charge in [-0.2, -0.15) is 0 Å². The number of hydrogen-bond donors (Lipinski definition) is 1. The van der Waals surface area contributed by atoms with E-state index in [0.717, 1.165) is 38.7 Å². The van der Waals surface area contributed by atoms with Crippen LogP contribution in [0.25, 0.3) is 0 Å². The minimum absolute atomic E-state index is 0.365. The fourth-order valence-electron chi connectivity index (χ4n) is 3.09. The van der Waals surface area contributed by atoms with Crippen LogP contribution in [0.15, 0.2) is 53.8 Å². The van der Waals surface area contributed by atoms with Crippen LogP contribution < -0.4 is 4.74 Å². The van der Waals surface area contributed by atoms with Gasteiger partial charge in [-0.05, 0) is 43.5 Å². The minimum Gasteiger partial charge on any atom is -0.477 e. The molecule has 1 aromatic heterocycles. The number of hydrogen-bond acceptors (Lipinski definition) is 6. The standard InChI is InChI=1S/C20H23N3O3/c24-19(13-22-25)18-6-7-20(21-12-18)26-15-17-8-10-23(11-9-17)14-16-4-2-1-3-5-16/h1-7,12-13,17,25H,8-11,14-15H2/b22-13-. The van der Waals surface area contributed by atoms with Crippen molar-refractivity contribution in [3.63, 3.8) is 0 Å². The fraction of sp³-hybridized carbons (Fsp3) is 0.350. The van der Waals surface area contributed by atoms with E-state index in [1.165, 1.54) is 11.8 Å². The van der Waals surface area contributed by atoms with Crippen LogP contribution >= 0.6 is 0 Å². The number of Topliss-reactive ketones (excluding diaryl/α,β-unsaturated/α-hetero) is 1. The van der Waals surface area contributed by atoms with Crippen molar-refractivity contribution >= 4 is 12.0 Å². The Morgan fingerprint density at radius 1 is 1.23 bits per heavy atom. The molecule has 2 aromatic rings. The molecule has 0 bridgehead atoms. The lowest BCUT2D eigenvalue weighted by Gasteiger charge is -2.31. The quantitative estimate of drug-likeness (QED) is 0.358. The number of ketones is 1. The molecule has 0 amide bonds. The van der Waals surface area contributed by atoms with Crippen molar-refractivity contribution in [2.45, 2.75) is 19.4 Å². The third kappa shape index (κ3) is 5.13. The van der Waals surface area contributed by atoms with Crippen molar-refractivity contribution in [2.24, 2.45) is 11.1 Å². The summed E-state index contributed by atoms with van der Waals surface area (Å²) in [5, 5.41) is 11.1. The maximum Gasteiger partial charge on any atom is 0.213 e. The average Bonchev–Trinajstić information content (AvgIpc) is 2.69. The highest BCUT2D eigenvalue weighted by atomic mass is 16.5. The maximum atomic E-state index is 11.5. The first-order chi connectivity index (χ1) is 12.7. The molecule has 6 nitrogen and oxygen atoms in total. The molecule has 1 aromatic carbocycles. The number of pyridine rings is 1. The first kappa shape index (κ1) is 18.1. The summed E-state index contributed by atoms with van der Waals surface area (Å²) in [7, 11) is 0. The van der Waals surface area contributed by atoms with Crippen LogP contribution in [0.4, 0.5) is 0 Å². The summed E-state index contributed by atoms with van der Waals surface area (Å²) >= 11 is 0. The highest BCUT2D eigenvalue weighted by Gasteiger charge is 2.20. The highest BCUT2D eigenvalue weighted by molar-refractivity contribution is 6.35. The van der Waals surface area contributed by atoms with Gasteiger partial charge in [-0.3, -0.25) is 9.69 Å². The van der Waals surface area contributed by atoms with E-state index < -0.39 is 5.78 Å². The van der Waals surface area contributed by atoms with Crippen LogP contribution in [-0.4, -0.2) is 46.8 Å². The Hall–Kier alpha value is -2.73.